The van der Waals surface area contributed by atoms with Crippen LogP contribution in [0.2, 0.25) is 0 Å². The van der Waals surface area contributed by atoms with Gasteiger partial charge in [-0.1, -0.05) is 12.1 Å². The molecular formula is C22H24BrN5O2. The van der Waals surface area contributed by atoms with Gasteiger partial charge in [-0.3, -0.25) is 9.59 Å². The van der Waals surface area contributed by atoms with E-state index in [0.717, 1.165) is 34.0 Å². The maximum absolute atomic E-state index is 13.3. The van der Waals surface area contributed by atoms with Gasteiger partial charge in [-0.2, -0.15) is 5.10 Å². The van der Waals surface area contributed by atoms with Crippen LogP contribution in [0.15, 0.2) is 41.0 Å². The van der Waals surface area contributed by atoms with Crippen LogP contribution in [0.3, 0.4) is 0 Å². The number of benzene rings is 1. The summed E-state index contributed by atoms with van der Waals surface area (Å²) < 4.78 is 2.64. The third-order valence-electron chi connectivity index (χ3n) is 5.18. The second kappa shape index (κ2) is 8.18. The number of nitrogens with one attached hydrogen (secondary N) is 1. The van der Waals surface area contributed by atoms with Crippen LogP contribution >= 0.6 is 15.9 Å². The topological polar surface area (TPSA) is 80.1 Å². The van der Waals surface area contributed by atoms with E-state index in [0.29, 0.717) is 17.2 Å². The molecule has 1 N–H and O–H groups in total. The lowest BCUT2D eigenvalue weighted by Gasteiger charge is -2.18. The fraction of sp³-hybridized carbons (Fsp3) is 0.364. The van der Waals surface area contributed by atoms with Crippen molar-refractivity contribution in [3.8, 4) is 0 Å². The van der Waals surface area contributed by atoms with E-state index in [1.54, 1.807) is 19.3 Å². The minimum atomic E-state index is -0.261. The summed E-state index contributed by atoms with van der Waals surface area (Å²) in [5.74, 6) is -0.0706. The minimum Gasteiger partial charge on any atom is -0.332 e. The predicted octanol–water partition coefficient (Wildman–Crippen LogP) is 4.36. The first-order chi connectivity index (χ1) is 14.3. The maximum atomic E-state index is 13.3. The Labute approximate surface area is 183 Å². The van der Waals surface area contributed by atoms with Crippen LogP contribution in [0.5, 0.6) is 0 Å². The van der Waals surface area contributed by atoms with Crippen molar-refractivity contribution in [2.24, 2.45) is 0 Å². The fourth-order valence-electron chi connectivity index (χ4n) is 3.43. The Hall–Kier alpha value is -2.74. The SMILES string of the molecule is CC(C)n1ncc2c(C(=O)N(C)CC(=O)Nc3ccccc3Br)cc(C3CC3)nc21. The van der Waals surface area contributed by atoms with Crippen LogP contribution in [0.25, 0.3) is 11.0 Å². The molecule has 0 unspecified atom stereocenters. The third kappa shape index (κ3) is 4.09. The number of hydrogen-bond acceptors (Lipinski definition) is 4. The Morgan fingerprint density at radius 3 is 2.70 bits per heavy atom. The summed E-state index contributed by atoms with van der Waals surface area (Å²) in [6, 6.07) is 9.38. The molecule has 1 aliphatic rings. The largest absolute Gasteiger partial charge is 0.332 e. The Kier molecular flexibility index (Phi) is 5.60. The van der Waals surface area contributed by atoms with Gasteiger partial charge in [0.25, 0.3) is 5.91 Å². The number of pyridine rings is 1. The summed E-state index contributed by atoms with van der Waals surface area (Å²) in [5.41, 5.74) is 2.87. The van der Waals surface area contributed by atoms with Crippen molar-refractivity contribution < 1.29 is 9.59 Å². The maximum Gasteiger partial charge on any atom is 0.254 e. The smallest absolute Gasteiger partial charge is 0.254 e. The zero-order valence-electron chi connectivity index (χ0n) is 17.2. The van der Waals surface area contributed by atoms with Crippen molar-refractivity contribution in [3.63, 3.8) is 0 Å². The van der Waals surface area contributed by atoms with Crippen LogP contribution in [0, 0.1) is 0 Å². The number of carbonyl (C=O) groups excluding carboxylic acids is 2. The highest BCUT2D eigenvalue weighted by Crippen LogP contribution is 2.40. The normalized spacial score (nSPS) is 13.6. The molecule has 0 aliphatic heterocycles. The van der Waals surface area contributed by atoms with Gasteiger partial charge in [-0.25, -0.2) is 9.67 Å². The van der Waals surface area contributed by atoms with Crippen molar-refractivity contribution in [3.05, 3.63) is 52.3 Å². The van der Waals surface area contributed by atoms with Gasteiger partial charge in [0, 0.05) is 29.2 Å². The van der Waals surface area contributed by atoms with E-state index in [2.05, 4.69) is 26.3 Å². The monoisotopic (exact) mass is 469 g/mol. The number of anilines is 1. The number of carbonyl (C=O) groups is 2. The quantitative estimate of drug-likeness (QED) is 0.581. The van der Waals surface area contributed by atoms with Crippen LogP contribution in [-0.4, -0.2) is 45.1 Å². The first-order valence-electron chi connectivity index (χ1n) is 10.0. The van der Waals surface area contributed by atoms with E-state index >= 15 is 0 Å². The highest BCUT2D eigenvalue weighted by Gasteiger charge is 2.29. The molecule has 3 aromatic rings. The number of likely N-dealkylation sites (N-methyl/N-ethyl adjacent to an activating group) is 1. The average molecular weight is 470 g/mol. The summed E-state index contributed by atoms with van der Waals surface area (Å²) in [6.07, 6.45) is 3.87. The standard InChI is InChI=1S/C22H24BrN5O2/c1-13(2)28-21-16(11-24-28)15(10-19(26-21)14-8-9-14)22(30)27(3)12-20(29)25-18-7-5-4-6-17(18)23/h4-7,10-11,13-14H,8-9,12H2,1-3H3,(H,25,29). The first-order valence-corrected chi connectivity index (χ1v) is 10.8. The molecule has 1 aromatic carbocycles. The van der Waals surface area contributed by atoms with Crippen LogP contribution in [-0.2, 0) is 4.79 Å². The zero-order valence-corrected chi connectivity index (χ0v) is 18.8. The van der Waals surface area contributed by atoms with Gasteiger partial charge in [-0.05, 0) is 60.8 Å². The van der Waals surface area contributed by atoms with Crippen molar-refractivity contribution in [1.29, 1.82) is 0 Å². The molecule has 0 spiro atoms. The highest BCUT2D eigenvalue weighted by molar-refractivity contribution is 9.10. The molecule has 1 aliphatic carbocycles. The van der Waals surface area contributed by atoms with Gasteiger partial charge < -0.3 is 10.2 Å². The Morgan fingerprint density at radius 2 is 2.03 bits per heavy atom. The third-order valence-corrected chi connectivity index (χ3v) is 5.87. The molecule has 4 rings (SSSR count). The number of hydrogen-bond donors (Lipinski definition) is 1. The van der Waals surface area contributed by atoms with E-state index < -0.39 is 0 Å². The molecule has 8 heteroatoms. The lowest BCUT2D eigenvalue weighted by molar-refractivity contribution is -0.116. The molecule has 0 radical (unpaired) electrons. The van der Waals surface area contributed by atoms with Crippen LogP contribution in [0.4, 0.5) is 5.69 Å². The van der Waals surface area contributed by atoms with E-state index in [4.69, 9.17) is 4.98 Å². The van der Waals surface area contributed by atoms with E-state index in [1.807, 2.05) is 42.8 Å². The van der Waals surface area contributed by atoms with Crippen LogP contribution in [0.1, 0.15) is 54.7 Å². The average Bonchev–Trinajstić information content (AvgIpc) is 3.47. The Morgan fingerprint density at radius 1 is 1.30 bits per heavy atom. The summed E-state index contributed by atoms with van der Waals surface area (Å²) in [6.45, 7) is 4.02. The van der Waals surface area contributed by atoms with E-state index in [9.17, 15) is 9.59 Å². The highest BCUT2D eigenvalue weighted by atomic mass is 79.9. The van der Waals surface area contributed by atoms with Gasteiger partial charge in [0.1, 0.15) is 0 Å². The molecule has 2 heterocycles. The Balaban J connectivity index is 1.59. The second-order valence-electron chi connectivity index (χ2n) is 7.98. The number of fused-ring (bicyclic) bond motifs is 1. The summed E-state index contributed by atoms with van der Waals surface area (Å²) >= 11 is 3.41. The molecule has 0 saturated heterocycles. The molecule has 7 nitrogen and oxygen atoms in total. The molecule has 1 saturated carbocycles. The van der Waals surface area contributed by atoms with Crippen molar-refractivity contribution in [2.45, 2.75) is 38.6 Å². The number of amides is 2. The summed E-state index contributed by atoms with van der Waals surface area (Å²) in [4.78, 5) is 32.0. The summed E-state index contributed by atoms with van der Waals surface area (Å²) in [7, 11) is 1.64. The molecule has 2 aromatic heterocycles. The number of nitrogens with zero attached hydrogens (tertiary/aromatic N) is 4. The molecule has 0 bridgehead atoms. The Bertz CT molecular complexity index is 1120. The number of halogens is 1. The lowest BCUT2D eigenvalue weighted by Crippen LogP contribution is -2.35. The molecule has 30 heavy (non-hydrogen) atoms. The number of rotatable bonds is 6. The van der Waals surface area contributed by atoms with Crippen molar-refractivity contribution in [1.82, 2.24) is 19.7 Å². The fourth-order valence-corrected chi connectivity index (χ4v) is 3.81. The van der Waals surface area contributed by atoms with Crippen LogP contribution < -0.4 is 5.32 Å². The molecule has 2 amide bonds. The van der Waals surface area contributed by atoms with E-state index in [1.165, 1.54) is 4.90 Å². The van der Waals surface area contributed by atoms with Gasteiger partial charge in [-0.15, -0.1) is 0 Å². The predicted molar refractivity (Wildman–Crippen MR) is 120 cm³/mol. The van der Waals surface area contributed by atoms with Crippen molar-refractivity contribution >= 4 is 44.5 Å². The summed E-state index contributed by atoms with van der Waals surface area (Å²) in [5, 5.41) is 8.00. The molecule has 156 valence electrons. The number of aromatic nitrogens is 3. The van der Waals surface area contributed by atoms with Gasteiger partial charge in [0.05, 0.1) is 29.4 Å². The van der Waals surface area contributed by atoms with E-state index in [-0.39, 0.29) is 24.4 Å². The minimum absolute atomic E-state index is 0.0545. The second-order valence-corrected chi connectivity index (χ2v) is 8.83. The zero-order chi connectivity index (χ0) is 21.4. The van der Waals surface area contributed by atoms with Gasteiger partial charge >= 0.3 is 0 Å². The van der Waals surface area contributed by atoms with Gasteiger partial charge in [0.2, 0.25) is 5.91 Å². The number of para-hydroxylation sites is 1. The molecular weight excluding hydrogens is 446 g/mol. The first kappa shape index (κ1) is 20.5. The molecule has 0 atom stereocenters. The molecule has 1 fully saturated rings. The van der Waals surface area contributed by atoms with Crippen molar-refractivity contribution in [2.75, 3.05) is 18.9 Å². The van der Waals surface area contributed by atoms with Gasteiger partial charge in [0.15, 0.2) is 5.65 Å². The lowest BCUT2D eigenvalue weighted by atomic mass is 10.1.